The molecule has 2 fully saturated rings. The molecule has 2 saturated carbocycles. The van der Waals surface area contributed by atoms with E-state index in [4.69, 9.17) is 0 Å². The fraction of sp³-hybridized carbons (Fsp3) is 0.682. The van der Waals surface area contributed by atoms with Gasteiger partial charge in [0.25, 0.3) is 0 Å². The van der Waals surface area contributed by atoms with Gasteiger partial charge in [0.2, 0.25) is 0 Å². The number of benzene rings is 1. The number of carboxylic acid groups (broad SMARTS) is 1. The van der Waals surface area contributed by atoms with Gasteiger partial charge in [0.1, 0.15) is 0 Å². The van der Waals surface area contributed by atoms with E-state index >= 15 is 0 Å². The predicted molar refractivity (Wildman–Crippen MR) is 98.4 cm³/mol. The Labute approximate surface area is 146 Å². The lowest BCUT2D eigenvalue weighted by molar-refractivity contribution is -0.143. The third-order valence-electron chi connectivity index (χ3n) is 6.43. The van der Waals surface area contributed by atoms with Crippen molar-refractivity contribution in [1.29, 1.82) is 0 Å². The zero-order valence-electron chi connectivity index (χ0n) is 15.6. The van der Waals surface area contributed by atoms with Crippen LogP contribution >= 0.6 is 0 Å². The smallest absolute Gasteiger partial charge is 0.309 e. The Morgan fingerprint density at radius 1 is 1.04 bits per heavy atom. The standard InChI is InChI=1S/C22H32O2/c1-16-14-17(2)19(7-5-9-22(12-13-22)20(23)24)18(15-16)6-4-8-21(3)10-11-21/h14-15H,4-13H2,1-3H3,(H,23,24). The minimum Gasteiger partial charge on any atom is -0.481 e. The van der Waals surface area contributed by atoms with Crippen molar-refractivity contribution in [3.05, 3.63) is 34.4 Å². The molecular formula is C22H32O2. The van der Waals surface area contributed by atoms with Crippen LogP contribution in [0, 0.1) is 24.7 Å². The van der Waals surface area contributed by atoms with Crippen LogP contribution in [0.4, 0.5) is 0 Å². The molecule has 0 heterocycles. The van der Waals surface area contributed by atoms with E-state index in [9.17, 15) is 9.90 Å². The molecule has 24 heavy (non-hydrogen) atoms. The van der Waals surface area contributed by atoms with Crippen LogP contribution in [0.25, 0.3) is 0 Å². The van der Waals surface area contributed by atoms with Crippen LogP contribution in [0.2, 0.25) is 0 Å². The summed E-state index contributed by atoms with van der Waals surface area (Å²) in [4.78, 5) is 11.3. The van der Waals surface area contributed by atoms with Gasteiger partial charge in [-0.1, -0.05) is 24.6 Å². The van der Waals surface area contributed by atoms with E-state index in [2.05, 4.69) is 32.9 Å². The largest absolute Gasteiger partial charge is 0.481 e. The second-order valence-corrected chi connectivity index (χ2v) is 8.82. The molecule has 0 spiro atoms. The van der Waals surface area contributed by atoms with Gasteiger partial charge in [-0.25, -0.2) is 0 Å². The van der Waals surface area contributed by atoms with Gasteiger partial charge in [0, 0.05) is 0 Å². The van der Waals surface area contributed by atoms with E-state index in [0.29, 0.717) is 5.41 Å². The summed E-state index contributed by atoms with van der Waals surface area (Å²) < 4.78 is 0. The SMILES string of the molecule is Cc1cc(C)c(CCCC2(C(=O)O)CC2)c(CCCC2(C)CC2)c1. The molecule has 2 aliphatic carbocycles. The third-order valence-corrected chi connectivity index (χ3v) is 6.43. The molecule has 2 nitrogen and oxygen atoms in total. The first kappa shape index (κ1) is 17.5. The van der Waals surface area contributed by atoms with Crippen LogP contribution in [0.3, 0.4) is 0 Å². The van der Waals surface area contributed by atoms with Crippen LogP contribution in [-0.4, -0.2) is 11.1 Å². The highest BCUT2D eigenvalue weighted by molar-refractivity contribution is 5.77. The van der Waals surface area contributed by atoms with E-state index in [-0.39, 0.29) is 5.41 Å². The molecule has 2 aliphatic rings. The Morgan fingerprint density at radius 2 is 1.71 bits per heavy atom. The van der Waals surface area contributed by atoms with Crippen LogP contribution < -0.4 is 0 Å². The maximum absolute atomic E-state index is 11.3. The summed E-state index contributed by atoms with van der Waals surface area (Å²) in [5.41, 5.74) is 6.01. The minimum absolute atomic E-state index is 0.376. The Morgan fingerprint density at radius 3 is 2.29 bits per heavy atom. The number of aryl methyl sites for hydroxylation is 3. The lowest BCUT2D eigenvalue weighted by Gasteiger charge is -2.16. The number of rotatable bonds is 9. The first-order valence-corrected chi connectivity index (χ1v) is 9.66. The summed E-state index contributed by atoms with van der Waals surface area (Å²) in [6.45, 7) is 6.82. The minimum atomic E-state index is -0.582. The first-order valence-electron chi connectivity index (χ1n) is 9.66. The summed E-state index contributed by atoms with van der Waals surface area (Å²) in [5.74, 6) is -0.582. The van der Waals surface area contributed by atoms with Gasteiger partial charge in [-0.15, -0.1) is 0 Å². The van der Waals surface area contributed by atoms with E-state index in [1.165, 1.54) is 54.4 Å². The van der Waals surface area contributed by atoms with Crippen LogP contribution in [0.5, 0.6) is 0 Å². The molecule has 0 radical (unpaired) electrons. The highest BCUT2D eigenvalue weighted by Crippen LogP contribution is 2.50. The number of carbonyl (C=O) groups is 1. The van der Waals surface area contributed by atoms with Crippen molar-refractivity contribution in [2.75, 3.05) is 0 Å². The summed E-state index contributed by atoms with van der Waals surface area (Å²) in [7, 11) is 0. The Kier molecular flexibility index (Phi) is 4.77. The molecule has 0 aliphatic heterocycles. The van der Waals surface area contributed by atoms with Crippen molar-refractivity contribution in [2.45, 2.75) is 85.0 Å². The number of hydrogen-bond donors (Lipinski definition) is 1. The van der Waals surface area contributed by atoms with Crippen molar-refractivity contribution in [1.82, 2.24) is 0 Å². The van der Waals surface area contributed by atoms with Crippen molar-refractivity contribution in [2.24, 2.45) is 10.8 Å². The second-order valence-electron chi connectivity index (χ2n) is 8.82. The highest BCUT2D eigenvalue weighted by atomic mass is 16.4. The quantitative estimate of drug-likeness (QED) is 0.639. The zero-order valence-corrected chi connectivity index (χ0v) is 15.6. The summed E-state index contributed by atoms with van der Waals surface area (Å²) in [5, 5.41) is 9.34. The van der Waals surface area contributed by atoms with E-state index in [1.54, 1.807) is 0 Å². The number of aliphatic carboxylic acids is 1. The second kappa shape index (κ2) is 6.54. The maximum atomic E-state index is 11.3. The van der Waals surface area contributed by atoms with Gasteiger partial charge < -0.3 is 5.11 Å². The van der Waals surface area contributed by atoms with Crippen LogP contribution in [0.15, 0.2) is 12.1 Å². The van der Waals surface area contributed by atoms with Gasteiger partial charge in [-0.2, -0.15) is 0 Å². The molecule has 1 aromatic carbocycles. The Bertz CT molecular complexity index is 621. The lowest BCUT2D eigenvalue weighted by Crippen LogP contribution is -2.15. The molecule has 0 unspecified atom stereocenters. The van der Waals surface area contributed by atoms with Crippen molar-refractivity contribution in [3.8, 4) is 0 Å². The van der Waals surface area contributed by atoms with Gasteiger partial charge >= 0.3 is 5.97 Å². The molecular weight excluding hydrogens is 296 g/mol. The Hall–Kier alpha value is -1.31. The van der Waals surface area contributed by atoms with Gasteiger partial charge in [0.05, 0.1) is 5.41 Å². The average molecular weight is 328 g/mol. The van der Waals surface area contributed by atoms with Crippen molar-refractivity contribution >= 4 is 5.97 Å². The number of carboxylic acids is 1. The molecule has 3 rings (SSSR count). The molecule has 2 heteroatoms. The molecule has 0 atom stereocenters. The Balaban J connectivity index is 1.61. The molecule has 1 aromatic rings. The average Bonchev–Trinajstić information content (AvgIpc) is 3.40. The van der Waals surface area contributed by atoms with E-state index in [0.717, 1.165) is 32.1 Å². The summed E-state index contributed by atoms with van der Waals surface area (Å²) in [6.07, 6.45) is 11.3. The van der Waals surface area contributed by atoms with Crippen LogP contribution in [0.1, 0.15) is 80.5 Å². The number of hydrogen-bond acceptors (Lipinski definition) is 1. The fourth-order valence-corrected chi connectivity index (χ4v) is 4.16. The van der Waals surface area contributed by atoms with Gasteiger partial charge in [0.15, 0.2) is 0 Å². The van der Waals surface area contributed by atoms with Crippen molar-refractivity contribution in [3.63, 3.8) is 0 Å². The fourth-order valence-electron chi connectivity index (χ4n) is 4.16. The zero-order chi connectivity index (χ0) is 17.4. The summed E-state index contributed by atoms with van der Waals surface area (Å²) in [6, 6.07) is 4.65. The first-order chi connectivity index (χ1) is 11.3. The van der Waals surface area contributed by atoms with Gasteiger partial charge in [-0.05, 0) is 100 Å². The topological polar surface area (TPSA) is 37.3 Å². The maximum Gasteiger partial charge on any atom is 0.309 e. The molecule has 0 bridgehead atoms. The highest BCUT2D eigenvalue weighted by Gasteiger charge is 2.49. The molecule has 0 saturated heterocycles. The lowest BCUT2D eigenvalue weighted by atomic mass is 9.89. The van der Waals surface area contributed by atoms with Gasteiger partial charge in [-0.3, -0.25) is 4.79 Å². The summed E-state index contributed by atoms with van der Waals surface area (Å²) >= 11 is 0. The normalized spacial score (nSPS) is 20.0. The monoisotopic (exact) mass is 328 g/mol. The predicted octanol–water partition coefficient (Wildman–Crippen LogP) is 5.61. The molecule has 0 amide bonds. The molecule has 0 aromatic heterocycles. The molecule has 132 valence electrons. The van der Waals surface area contributed by atoms with Crippen molar-refractivity contribution < 1.29 is 9.90 Å². The third kappa shape index (κ3) is 4.02. The molecule has 1 N–H and O–H groups in total. The van der Waals surface area contributed by atoms with Crippen LogP contribution in [-0.2, 0) is 17.6 Å². The van der Waals surface area contributed by atoms with E-state index in [1.807, 2.05) is 0 Å². The van der Waals surface area contributed by atoms with E-state index < -0.39 is 5.97 Å².